The van der Waals surface area contributed by atoms with Gasteiger partial charge in [0.15, 0.2) is 17.3 Å². The second-order valence-electron chi connectivity index (χ2n) is 5.92. The minimum absolute atomic E-state index is 0.158. The maximum absolute atomic E-state index is 12.3. The van der Waals surface area contributed by atoms with E-state index in [1.165, 1.54) is 4.90 Å². The summed E-state index contributed by atoms with van der Waals surface area (Å²) in [4.78, 5) is 26.0. The van der Waals surface area contributed by atoms with Gasteiger partial charge in [-0.25, -0.2) is 0 Å². The Bertz CT molecular complexity index is 661. The van der Waals surface area contributed by atoms with Crippen LogP contribution in [0, 0.1) is 0 Å². The van der Waals surface area contributed by atoms with Gasteiger partial charge >= 0.3 is 11.8 Å². The molecule has 3 aliphatic heterocycles. The molecular weight excluding hydrogens is 316 g/mol. The molecule has 128 valence electrons. The molecular formula is C16H18N2O6. The van der Waals surface area contributed by atoms with E-state index in [9.17, 15) is 9.59 Å². The average Bonchev–Trinajstić information content (AvgIpc) is 3.24. The van der Waals surface area contributed by atoms with Crippen molar-refractivity contribution in [2.24, 2.45) is 0 Å². The summed E-state index contributed by atoms with van der Waals surface area (Å²) in [5.74, 6) is -0.614. The first-order chi connectivity index (χ1) is 11.7. The van der Waals surface area contributed by atoms with Crippen LogP contribution >= 0.6 is 0 Å². The van der Waals surface area contributed by atoms with Crippen molar-refractivity contribution in [3.05, 3.63) is 18.2 Å². The Kier molecular flexibility index (Phi) is 3.78. The summed E-state index contributed by atoms with van der Waals surface area (Å²) in [5.41, 5.74) is 0.494. The van der Waals surface area contributed by atoms with Crippen molar-refractivity contribution in [1.29, 1.82) is 0 Å². The van der Waals surface area contributed by atoms with Crippen LogP contribution < -0.4 is 14.8 Å². The summed E-state index contributed by atoms with van der Waals surface area (Å²) in [5, 5.41) is 2.60. The van der Waals surface area contributed by atoms with Crippen LogP contribution in [0.5, 0.6) is 11.5 Å². The summed E-state index contributed by atoms with van der Waals surface area (Å²) in [6.45, 7) is 2.20. The number of likely N-dealkylation sites (tertiary alicyclic amines) is 1. The molecule has 0 aliphatic carbocycles. The molecule has 0 unspecified atom stereocenters. The van der Waals surface area contributed by atoms with Crippen LogP contribution in [0.4, 0.5) is 5.69 Å². The van der Waals surface area contributed by atoms with E-state index in [4.69, 9.17) is 18.9 Å². The number of piperidine rings is 1. The molecule has 24 heavy (non-hydrogen) atoms. The molecule has 3 aliphatic rings. The molecule has 1 spiro atoms. The van der Waals surface area contributed by atoms with Crippen LogP contribution in [0.3, 0.4) is 0 Å². The van der Waals surface area contributed by atoms with Gasteiger partial charge in [-0.3, -0.25) is 9.59 Å². The van der Waals surface area contributed by atoms with E-state index in [-0.39, 0.29) is 6.79 Å². The van der Waals surface area contributed by atoms with Crippen LogP contribution in [-0.4, -0.2) is 55.6 Å². The third-order valence-corrected chi connectivity index (χ3v) is 4.45. The van der Waals surface area contributed by atoms with Crippen molar-refractivity contribution in [1.82, 2.24) is 4.90 Å². The van der Waals surface area contributed by atoms with Crippen molar-refractivity contribution in [2.45, 2.75) is 18.6 Å². The highest BCUT2D eigenvalue weighted by molar-refractivity contribution is 6.39. The molecule has 0 atom stereocenters. The number of nitrogens with zero attached hydrogens (tertiary/aromatic N) is 1. The smallest absolute Gasteiger partial charge is 0.313 e. The number of fused-ring (bicyclic) bond motifs is 1. The molecule has 0 saturated carbocycles. The van der Waals surface area contributed by atoms with Crippen molar-refractivity contribution in [3.8, 4) is 11.5 Å². The van der Waals surface area contributed by atoms with E-state index >= 15 is 0 Å². The number of hydrogen-bond donors (Lipinski definition) is 1. The summed E-state index contributed by atoms with van der Waals surface area (Å²) in [7, 11) is 0. The van der Waals surface area contributed by atoms with Crippen molar-refractivity contribution < 1.29 is 28.5 Å². The number of benzene rings is 1. The molecule has 2 fully saturated rings. The van der Waals surface area contributed by atoms with E-state index in [0.29, 0.717) is 56.3 Å². The SMILES string of the molecule is O=C(Nc1ccc2c(c1)OCO2)C(=O)N1CCC2(CC1)OCCO2. The van der Waals surface area contributed by atoms with Crippen LogP contribution in [0.1, 0.15) is 12.8 Å². The zero-order chi connectivity index (χ0) is 16.6. The predicted octanol–water partition coefficient (Wildman–Crippen LogP) is 0.719. The van der Waals surface area contributed by atoms with E-state index in [1.54, 1.807) is 18.2 Å². The average molecular weight is 334 g/mol. The van der Waals surface area contributed by atoms with Crippen molar-refractivity contribution in [2.75, 3.05) is 38.4 Å². The minimum atomic E-state index is -0.668. The first kappa shape index (κ1) is 15.2. The van der Waals surface area contributed by atoms with Gasteiger partial charge in [0.25, 0.3) is 0 Å². The lowest BCUT2D eigenvalue weighted by Gasteiger charge is -2.37. The summed E-state index contributed by atoms with van der Waals surface area (Å²) < 4.78 is 21.7. The highest BCUT2D eigenvalue weighted by atomic mass is 16.7. The number of hydrogen-bond acceptors (Lipinski definition) is 6. The molecule has 2 amide bonds. The number of ether oxygens (including phenoxy) is 4. The van der Waals surface area contributed by atoms with Crippen LogP contribution in [0.25, 0.3) is 0 Å². The van der Waals surface area contributed by atoms with Crippen LogP contribution in [0.15, 0.2) is 18.2 Å². The van der Waals surface area contributed by atoms with Crippen molar-refractivity contribution in [3.63, 3.8) is 0 Å². The van der Waals surface area contributed by atoms with Crippen LogP contribution in [-0.2, 0) is 19.1 Å². The molecule has 0 aromatic heterocycles. The fourth-order valence-corrected chi connectivity index (χ4v) is 3.14. The molecule has 3 heterocycles. The molecule has 8 heteroatoms. The Hall–Kier alpha value is -2.32. The second-order valence-corrected chi connectivity index (χ2v) is 5.92. The Morgan fingerprint density at radius 3 is 2.50 bits per heavy atom. The Morgan fingerprint density at radius 1 is 1.04 bits per heavy atom. The third-order valence-electron chi connectivity index (χ3n) is 4.45. The molecule has 1 N–H and O–H groups in total. The number of amides is 2. The second kappa shape index (κ2) is 5.95. The first-order valence-corrected chi connectivity index (χ1v) is 7.93. The molecule has 1 aromatic carbocycles. The fourth-order valence-electron chi connectivity index (χ4n) is 3.14. The lowest BCUT2D eigenvalue weighted by atomic mass is 10.0. The molecule has 2 saturated heterocycles. The monoisotopic (exact) mass is 334 g/mol. The molecule has 4 rings (SSSR count). The molecule has 0 bridgehead atoms. The predicted molar refractivity (Wildman–Crippen MR) is 81.6 cm³/mol. The number of carbonyl (C=O) groups is 2. The number of rotatable bonds is 1. The van der Waals surface area contributed by atoms with Gasteiger partial charge in [-0.15, -0.1) is 0 Å². The Balaban J connectivity index is 1.35. The van der Waals surface area contributed by atoms with Gasteiger partial charge in [-0.2, -0.15) is 0 Å². The third kappa shape index (κ3) is 2.78. The highest BCUT2D eigenvalue weighted by Gasteiger charge is 2.41. The van der Waals surface area contributed by atoms with Gasteiger partial charge in [0.1, 0.15) is 0 Å². The van der Waals surface area contributed by atoms with Crippen LogP contribution in [0.2, 0.25) is 0 Å². The van der Waals surface area contributed by atoms with Gasteiger partial charge in [0.05, 0.1) is 13.2 Å². The van der Waals surface area contributed by atoms with Gasteiger partial charge in [0, 0.05) is 37.7 Å². The minimum Gasteiger partial charge on any atom is -0.454 e. The fraction of sp³-hybridized carbons (Fsp3) is 0.500. The van der Waals surface area contributed by atoms with Gasteiger partial charge in [0.2, 0.25) is 6.79 Å². The highest BCUT2D eigenvalue weighted by Crippen LogP contribution is 2.34. The summed E-state index contributed by atoms with van der Waals surface area (Å²) >= 11 is 0. The summed E-state index contributed by atoms with van der Waals surface area (Å²) in [6, 6.07) is 5.00. The number of nitrogens with one attached hydrogen (secondary N) is 1. The lowest BCUT2D eigenvalue weighted by Crippen LogP contribution is -2.50. The maximum atomic E-state index is 12.3. The van der Waals surface area contributed by atoms with Gasteiger partial charge in [-0.05, 0) is 12.1 Å². The van der Waals surface area contributed by atoms with Gasteiger partial charge in [-0.1, -0.05) is 0 Å². The largest absolute Gasteiger partial charge is 0.454 e. The van der Waals surface area contributed by atoms with E-state index < -0.39 is 17.6 Å². The molecule has 8 nitrogen and oxygen atoms in total. The molecule has 1 aromatic rings. The quantitative estimate of drug-likeness (QED) is 0.762. The van der Waals surface area contributed by atoms with E-state index in [2.05, 4.69) is 5.32 Å². The normalized spacial score (nSPS) is 21.1. The Labute approximate surface area is 138 Å². The number of carbonyl (C=O) groups excluding carboxylic acids is 2. The zero-order valence-corrected chi connectivity index (χ0v) is 13.1. The molecule has 0 radical (unpaired) electrons. The Morgan fingerprint density at radius 2 is 1.75 bits per heavy atom. The van der Waals surface area contributed by atoms with Gasteiger partial charge < -0.3 is 29.2 Å². The zero-order valence-electron chi connectivity index (χ0n) is 13.1. The number of anilines is 1. The standard InChI is InChI=1S/C16H18N2O6/c19-14(17-11-1-2-12-13(9-11)22-10-21-12)15(20)18-5-3-16(4-6-18)23-7-8-24-16/h1-2,9H,3-8,10H2,(H,17,19). The van der Waals surface area contributed by atoms with E-state index in [1.807, 2.05) is 0 Å². The summed E-state index contributed by atoms with van der Waals surface area (Å²) in [6.07, 6.45) is 1.16. The first-order valence-electron chi connectivity index (χ1n) is 7.93. The maximum Gasteiger partial charge on any atom is 0.313 e. The van der Waals surface area contributed by atoms with E-state index in [0.717, 1.165) is 0 Å². The van der Waals surface area contributed by atoms with Crippen molar-refractivity contribution >= 4 is 17.5 Å². The topological polar surface area (TPSA) is 86.3 Å². The lowest BCUT2D eigenvalue weighted by molar-refractivity contribution is -0.187.